The summed E-state index contributed by atoms with van der Waals surface area (Å²) in [6, 6.07) is 108. The van der Waals surface area contributed by atoms with Gasteiger partial charge in [0.05, 0.1) is 43.2 Å². The highest BCUT2D eigenvalue weighted by Crippen LogP contribution is 2.56. The fourth-order valence-corrected chi connectivity index (χ4v) is 19.6. The van der Waals surface area contributed by atoms with Crippen LogP contribution in [0.5, 0.6) is 0 Å². The van der Waals surface area contributed by atoms with Crippen LogP contribution in [-0.2, 0) is 21.7 Å². The summed E-state index contributed by atoms with van der Waals surface area (Å²) in [5.74, 6) is 3.27. The molecule has 0 unspecified atom stereocenters. The minimum Gasteiger partial charge on any atom is -0.310 e. The maximum absolute atomic E-state index is 11.2. The lowest BCUT2D eigenvalue weighted by Crippen LogP contribution is -2.61. The number of nitrogens with zero attached hydrogens (tertiary/aromatic N) is 15. The van der Waals surface area contributed by atoms with Gasteiger partial charge in [-0.15, -0.1) is 0 Å². The molecule has 24 rings (SSSR count). The third-order valence-corrected chi connectivity index (χ3v) is 27.2. The van der Waals surface area contributed by atoms with Crippen LogP contribution in [0.1, 0.15) is 120 Å². The van der Waals surface area contributed by atoms with Crippen molar-refractivity contribution in [1.82, 2.24) is 64.4 Å². The molecule has 2 aliphatic heterocycles. The molecule has 0 aliphatic carbocycles. The summed E-state index contributed by atoms with van der Waals surface area (Å²) in [6.45, 7) is 23.7. The van der Waals surface area contributed by atoms with Gasteiger partial charge < -0.3 is 14.4 Å². The van der Waals surface area contributed by atoms with Gasteiger partial charge in [-0.25, -0.2) is 59.8 Å². The molecular formula is C130H104BN15. The minimum atomic E-state index is -0.993. The number of hydrogen-bond acceptors (Lipinski definition) is 14. The fourth-order valence-electron chi connectivity index (χ4n) is 19.6. The minimum absolute atomic E-state index is 0.0146. The van der Waals surface area contributed by atoms with E-state index < -0.39 is 58.6 Å². The lowest BCUT2D eigenvalue weighted by Gasteiger charge is -2.45. The first-order valence-corrected chi connectivity index (χ1v) is 49.1. The second-order valence-electron chi connectivity index (χ2n) is 41.2. The van der Waals surface area contributed by atoms with Crippen LogP contribution in [0, 0.1) is 0 Å². The van der Waals surface area contributed by atoms with Crippen LogP contribution >= 0.6 is 0 Å². The summed E-state index contributed by atoms with van der Waals surface area (Å²) in [5, 5.41) is 0.207. The van der Waals surface area contributed by atoms with Crippen molar-refractivity contribution in [3.8, 4) is 165 Å². The summed E-state index contributed by atoms with van der Waals surface area (Å²) >= 11 is 0. The first kappa shape index (κ1) is 78.9. The van der Waals surface area contributed by atoms with Gasteiger partial charge >= 0.3 is 0 Å². The molecule has 17 aromatic carbocycles. The molecule has 15 nitrogen and oxygen atoms in total. The maximum Gasteiger partial charge on any atom is 0.252 e. The second kappa shape index (κ2) is 36.3. The quantitative estimate of drug-likeness (QED) is 0.0790. The molecule has 702 valence electrons. The summed E-state index contributed by atoms with van der Waals surface area (Å²) in [5.41, 5.74) is 12.9. The molecular weight excluding hydrogens is 1780 g/mol. The van der Waals surface area contributed by atoms with E-state index in [1.165, 1.54) is 0 Å². The number of benzene rings is 17. The molecule has 0 saturated heterocycles. The molecule has 0 radical (unpaired) electrons. The Morgan fingerprint density at radius 1 is 0.219 bits per heavy atom. The highest BCUT2D eigenvalue weighted by atomic mass is 15.2. The third kappa shape index (κ3) is 16.9. The zero-order chi connectivity index (χ0) is 109. The Kier molecular flexibility index (Phi) is 19.6. The Bertz CT molecular complexity index is 8880. The SMILES string of the molecule is [2H]c1c([2H])c([2H])c(-c2ccc3c(c2)N(c2c(-c4nc(-c5ccccc5)nc(-c5ccccc5)n4)cccc2-c2nc(-c4ccccc4)nc(-c4ccccc4)n2)c2cc(-n4c5c([2H])c([2H])c(C(C)(C)C)c([2H])c5c5c([2H])c(C(C)(C)C)c([2H])c([2H])c54)cc4c2B3c2ccc(-c3cc(C(C)(C)C)cc(C(C)(C)C)c3)cc2N4c2c(-c3nc(-c4ccccc4)nc(-c4ccccc4)n3)cccc2-c2nc(-c3ccccc3)nc(-c3ccccc3)n2)c([2H])c1[2H]. The lowest BCUT2D eigenvalue weighted by molar-refractivity contribution is 0.569. The summed E-state index contributed by atoms with van der Waals surface area (Å²) < 4.78 is 116. The van der Waals surface area contributed by atoms with E-state index in [0.29, 0.717) is 164 Å². The molecule has 22 aromatic rings. The van der Waals surface area contributed by atoms with Crippen LogP contribution in [0.3, 0.4) is 0 Å². The standard InChI is InChI=1S/C130H104BN15/c1-127(2,3)93-66-70-106-102(77-93)103-78-94(128(4,5)6)67-71-107(103)144(106)97-79-110-112-111(80-97)146(114-100(125-140-119(86-52-32-18-33-53-86)134-120(141-125)87-54-34-19-35-55-87)62-41-63-101(114)126-142-121(88-56-36-20-37-57-88)135-122(143-126)89-58-38-21-39-59-89)109-75-91(92-72-95(129(7,8)9)76-96(73-92)130(10,11)12)65-69-105(109)131(112)104-68-64-90(81-42-22-13-23-43-81)74-108(104)145(110)113-98(123-136-115(82-44-24-14-25-45-82)132-116(137-123)83-46-26-15-27-47-83)60-40-61-99(113)124-138-117(84-48-28-16-29-49-84)133-118(139-124)85-50-30-17-31-51-85/h13-80H,1-12H3/i13D,22D,23D,42D,43D,66D,67D,70D,71D,77D,78D. The van der Waals surface area contributed by atoms with E-state index in [1.807, 2.05) is 351 Å². The molecule has 0 spiro atoms. The molecule has 0 atom stereocenters. The Morgan fingerprint density at radius 3 is 0.760 bits per heavy atom. The first-order valence-electron chi connectivity index (χ1n) is 54.6. The molecule has 0 saturated carbocycles. The van der Waals surface area contributed by atoms with E-state index in [0.717, 1.165) is 22.3 Å². The van der Waals surface area contributed by atoms with Crippen LogP contribution < -0.4 is 26.2 Å². The monoisotopic (exact) mass is 1900 g/mol. The van der Waals surface area contributed by atoms with Crippen LogP contribution in [0.2, 0.25) is 0 Å². The van der Waals surface area contributed by atoms with E-state index in [9.17, 15) is 15.1 Å². The summed E-state index contributed by atoms with van der Waals surface area (Å²) in [6.07, 6.45) is 0. The van der Waals surface area contributed by atoms with E-state index in [1.54, 1.807) is 4.57 Å². The third-order valence-electron chi connectivity index (χ3n) is 27.2. The summed E-state index contributed by atoms with van der Waals surface area (Å²) in [7, 11) is 0. The van der Waals surface area contributed by atoms with Crippen LogP contribution in [-0.4, -0.2) is 71.1 Å². The Balaban J connectivity index is 0.961. The van der Waals surface area contributed by atoms with E-state index >= 15 is 0 Å². The Hall–Kier alpha value is -17.8. The van der Waals surface area contributed by atoms with Crippen molar-refractivity contribution in [2.24, 2.45) is 0 Å². The zero-order valence-electron chi connectivity index (χ0n) is 93.7. The van der Waals surface area contributed by atoms with Gasteiger partial charge in [0.1, 0.15) is 0 Å². The topological polar surface area (TPSA) is 166 Å². The van der Waals surface area contributed by atoms with Gasteiger partial charge in [-0.1, -0.05) is 423 Å². The Labute approximate surface area is 867 Å². The van der Waals surface area contributed by atoms with Crippen molar-refractivity contribution in [1.29, 1.82) is 0 Å². The van der Waals surface area contributed by atoms with Gasteiger partial charge in [-0.2, -0.15) is 0 Å². The fraction of sp³-hybridized carbons (Fsp3) is 0.123. The van der Waals surface area contributed by atoms with E-state index in [-0.39, 0.29) is 109 Å². The van der Waals surface area contributed by atoms with Crippen LogP contribution in [0.15, 0.2) is 412 Å². The predicted octanol–water partition coefficient (Wildman–Crippen LogP) is 30.1. The molecule has 0 bridgehead atoms. The van der Waals surface area contributed by atoms with Crippen molar-refractivity contribution < 1.29 is 15.1 Å². The second-order valence-corrected chi connectivity index (χ2v) is 41.2. The van der Waals surface area contributed by atoms with E-state index in [2.05, 4.69) is 87.7 Å². The highest BCUT2D eigenvalue weighted by molar-refractivity contribution is 7.00. The van der Waals surface area contributed by atoms with Gasteiger partial charge in [0.25, 0.3) is 6.71 Å². The van der Waals surface area contributed by atoms with Crippen molar-refractivity contribution in [3.05, 3.63) is 435 Å². The summed E-state index contributed by atoms with van der Waals surface area (Å²) in [4.78, 5) is 71.6. The molecule has 2 aliphatic rings. The van der Waals surface area contributed by atoms with Gasteiger partial charge in [0.15, 0.2) is 69.9 Å². The maximum atomic E-state index is 11.2. The van der Waals surface area contributed by atoms with Gasteiger partial charge in [-0.3, -0.25) is 0 Å². The molecule has 7 heterocycles. The smallest absolute Gasteiger partial charge is 0.252 e. The van der Waals surface area contributed by atoms with Crippen LogP contribution in [0.4, 0.5) is 34.1 Å². The number of aromatic nitrogens is 13. The number of fused-ring (bicyclic) bond motifs is 7. The number of rotatable bonds is 17. The number of anilines is 6. The highest BCUT2D eigenvalue weighted by Gasteiger charge is 2.47. The molecule has 0 amide bonds. The van der Waals surface area contributed by atoms with E-state index in [4.69, 9.17) is 59.8 Å². The molecule has 146 heavy (non-hydrogen) atoms. The molecule has 16 heteroatoms. The molecule has 5 aromatic heterocycles. The van der Waals surface area contributed by atoms with Crippen LogP contribution in [0.25, 0.3) is 186 Å². The number of hydrogen-bond donors (Lipinski definition) is 0. The normalized spacial score (nSPS) is 13.5. The Morgan fingerprint density at radius 2 is 0.486 bits per heavy atom. The van der Waals surface area contributed by atoms with Gasteiger partial charge in [0, 0.05) is 100 Å². The average Bonchev–Trinajstić information content (AvgIpc) is 1.64. The first-order chi connectivity index (χ1) is 75.5. The average molecular weight is 1900 g/mol. The van der Waals surface area contributed by atoms with Crippen molar-refractivity contribution in [2.75, 3.05) is 9.80 Å². The van der Waals surface area contributed by atoms with Gasteiger partial charge in [0.2, 0.25) is 0 Å². The lowest BCUT2D eigenvalue weighted by atomic mass is 9.33. The van der Waals surface area contributed by atoms with Crippen molar-refractivity contribution >= 4 is 79.0 Å². The molecule has 0 fully saturated rings. The van der Waals surface area contributed by atoms with Crippen molar-refractivity contribution in [3.63, 3.8) is 0 Å². The largest absolute Gasteiger partial charge is 0.310 e. The van der Waals surface area contributed by atoms with Gasteiger partial charge in [-0.05, 0) is 155 Å². The van der Waals surface area contributed by atoms with Crippen molar-refractivity contribution in [2.45, 2.75) is 105 Å². The number of para-hydroxylation sites is 2. The predicted molar refractivity (Wildman–Crippen MR) is 599 cm³/mol. The molecule has 0 N–H and O–H groups in total. The zero-order valence-corrected chi connectivity index (χ0v) is 82.7.